The van der Waals surface area contributed by atoms with Crippen LogP contribution in [0.3, 0.4) is 0 Å². The molecule has 3 atom stereocenters. The first kappa shape index (κ1) is 12.3. The largest absolute Gasteiger partial charge is 0.468 e. The lowest BCUT2D eigenvalue weighted by Gasteiger charge is -2.18. The first-order valence-electron chi connectivity index (χ1n) is 4.00. The van der Waals surface area contributed by atoms with Gasteiger partial charge in [-0.2, -0.15) is 18.1 Å². The zero-order valence-electron chi connectivity index (χ0n) is 7.65. The molecule has 0 saturated carbocycles. The summed E-state index contributed by atoms with van der Waals surface area (Å²) in [4.78, 5) is 21.4. The van der Waals surface area contributed by atoms with E-state index in [1.54, 1.807) is 0 Å². The van der Waals surface area contributed by atoms with Crippen molar-refractivity contribution in [3.05, 3.63) is 4.91 Å². The summed E-state index contributed by atoms with van der Waals surface area (Å²) in [6, 6.07) is -1.58. The molecule has 0 aromatic rings. The van der Waals surface area contributed by atoms with Crippen molar-refractivity contribution in [2.45, 2.75) is 17.5 Å². The molecule has 3 unspecified atom stereocenters. The van der Waals surface area contributed by atoms with Crippen molar-refractivity contribution in [1.29, 1.82) is 0 Å². The molecular weight excluding hydrogens is 235 g/mol. The summed E-state index contributed by atoms with van der Waals surface area (Å²) in [6.45, 7) is 0. The molecule has 0 aromatic carbocycles. The number of esters is 1. The lowest BCUT2D eigenvalue weighted by molar-refractivity contribution is -0.172. The highest BCUT2D eigenvalue weighted by Gasteiger charge is 2.55. The van der Waals surface area contributed by atoms with Gasteiger partial charge in [0.15, 0.2) is 0 Å². The predicted molar refractivity (Wildman–Crippen MR) is 47.4 cm³/mol. The van der Waals surface area contributed by atoms with Gasteiger partial charge in [0.1, 0.15) is 11.3 Å². The van der Waals surface area contributed by atoms with E-state index in [0.29, 0.717) is 0 Å². The van der Waals surface area contributed by atoms with Crippen molar-refractivity contribution in [2.24, 2.45) is 11.1 Å². The van der Waals surface area contributed by atoms with Gasteiger partial charge in [-0.15, -0.1) is 11.8 Å². The second kappa shape index (κ2) is 4.38. The van der Waals surface area contributed by atoms with Crippen molar-refractivity contribution in [2.75, 3.05) is 12.9 Å². The second-order valence-electron chi connectivity index (χ2n) is 3.02. The van der Waals surface area contributed by atoms with Crippen LogP contribution < -0.4 is 0 Å². The Hall–Kier alpha value is -0.790. The molecule has 1 aliphatic heterocycles. The summed E-state index contributed by atoms with van der Waals surface area (Å²) >= 11 is 0.754. The van der Waals surface area contributed by atoms with Gasteiger partial charge in [-0.1, -0.05) is 5.18 Å². The number of rotatable bonds is 2. The summed E-state index contributed by atoms with van der Waals surface area (Å²) in [5.41, 5.74) is 0. The van der Waals surface area contributed by atoms with Crippen molar-refractivity contribution >= 4 is 17.7 Å². The number of hydrogen-bond donors (Lipinski definition) is 0. The van der Waals surface area contributed by atoms with Crippen LogP contribution in [0, 0.1) is 10.8 Å². The zero-order valence-corrected chi connectivity index (χ0v) is 8.47. The standard InChI is InChI=1S/C7H8F3NO3S/c1-14-6(12)5-4(11-13)3(2-15-5)7(8,9)10/h3-5H,2H2,1H3. The molecule has 0 N–H and O–H groups in total. The summed E-state index contributed by atoms with van der Waals surface area (Å²) < 4.78 is 41.4. The molecular formula is C7H8F3NO3S. The van der Waals surface area contributed by atoms with Gasteiger partial charge in [-0.05, 0) is 0 Å². The third-order valence-electron chi connectivity index (χ3n) is 2.15. The first-order valence-corrected chi connectivity index (χ1v) is 5.05. The Morgan fingerprint density at radius 2 is 2.13 bits per heavy atom. The Morgan fingerprint density at radius 3 is 2.53 bits per heavy atom. The maximum absolute atomic E-state index is 12.4. The Kier molecular flexibility index (Phi) is 3.58. The third kappa shape index (κ3) is 2.42. The fourth-order valence-electron chi connectivity index (χ4n) is 1.36. The van der Waals surface area contributed by atoms with Crippen LogP contribution >= 0.6 is 11.8 Å². The minimum Gasteiger partial charge on any atom is -0.468 e. The monoisotopic (exact) mass is 243 g/mol. The molecule has 0 aliphatic carbocycles. The zero-order chi connectivity index (χ0) is 11.6. The van der Waals surface area contributed by atoms with Crippen LogP contribution in [0.25, 0.3) is 0 Å². The fraction of sp³-hybridized carbons (Fsp3) is 0.857. The van der Waals surface area contributed by atoms with Crippen LogP contribution in [0.1, 0.15) is 0 Å². The van der Waals surface area contributed by atoms with Crippen LogP contribution in [0.2, 0.25) is 0 Å². The van der Waals surface area contributed by atoms with E-state index in [9.17, 15) is 22.9 Å². The molecule has 1 fully saturated rings. The van der Waals surface area contributed by atoms with Gasteiger partial charge in [0.2, 0.25) is 0 Å². The highest BCUT2D eigenvalue weighted by atomic mass is 32.2. The topological polar surface area (TPSA) is 55.7 Å². The van der Waals surface area contributed by atoms with Crippen molar-refractivity contribution < 1.29 is 22.7 Å². The normalized spacial score (nSPS) is 31.3. The number of carbonyl (C=O) groups is 1. The molecule has 1 aliphatic rings. The summed E-state index contributed by atoms with van der Waals surface area (Å²) in [6.07, 6.45) is -4.51. The van der Waals surface area contributed by atoms with Gasteiger partial charge in [0, 0.05) is 5.75 Å². The van der Waals surface area contributed by atoms with E-state index in [4.69, 9.17) is 0 Å². The Morgan fingerprint density at radius 1 is 1.53 bits per heavy atom. The number of nitrogens with zero attached hydrogens (tertiary/aromatic N) is 1. The van der Waals surface area contributed by atoms with E-state index >= 15 is 0 Å². The average Bonchev–Trinajstić information content (AvgIpc) is 2.59. The minimum absolute atomic E-state index is 0.334. The lowest BCUT2D eigenvalue weighted by Crippen LogP contribution is -2.37. The molecule has 0 radical (unpaired) electrons. The van der Waals surface area contributed by atoms with E-state index in [-0.39, 0.29) is 5.75 Å². The van der Waals surface area contributed by atoms with Crippen LogP contribution in [0.5, 0.6) is 0 Å². The van der Waals surface area contributed by atoms with Gasteiger partial charge in [-0.25, -0.2) is 0 Å². The summed E-state index contributed by atoms with van der Waals surface area (Å²) in [7, 11) is 1.06. The molecule has 0 bridgehead atoms. The highest BCUT2D eigenvalue weighted by molar-refractivity contribution is 8.00. The quantitative estimate of drug-likeness (QED) is 0.546. The summed E-state index contributed by atoms with van der Waals surface area (Å²) in [5.74, 6) is -3.03. The number of thioether (sulfide) groups is 1. The molecule has 86 valence electrons. The van der Waals surface area contributed by atoms with E-state index in [1.807, 2.05) is 0 Å². The van der Waals surface area contributed by atoms with E-state index < -0.39 is 29.4 Å². The lowest BCUT2D eigenvalue weighted by atomic mass is 9.99. The summed E-state index contributed by atoms with van der Waals surface area (Å²) in [5, 5.41) is 1.25. The number of carbonyl (C=O) groups excluding carboxylic acids is 1. The molecule has 8 heteroatoms. The van der Waals surface area contributed by atoms with Gasteiger partial charge < -0.3 is 4.74 Å². The molecule has 0 amide bonds. The number of nitroso groups, excluding NO2 is 1. The Balaban J connectivity index is 2.83. The van der Waals surface area contributed by atoms with E-state index in [2.05, 4.69) is 9.91 Å². The SMILES string of the molecule is COC(=O)C1SCC(C(F)(F)F)C1N=O. The fourth-order valence-corrected chi connectivity index (χ4v) is 2.83. The molecule has 0 aromatic heterocycles. The highest BCUT2D eigenvalue weighted by Crippen LogP contribution is 2.43. The van der Waals surface area contributed by atoms with Crippen molar-refractivity contribution in [3.8, 4) is 0 Å². The van der Waals surface area contributed by atoms with Crippen LogP contribution in [0.4, 0.5) is 13.2 Å². The molecule has 1 rings (SSSR count). The van der Waals surface area contributed by atoms with E-state index in [1.165, 1.54) is 0 Å². The number of halogens is 3. The smallest absolute Gasteiger partial charge is 0.394 e. The second-order valence-corrected chi connectivity index (χ2v) is 4.20. The molecule has 1 saturated heterocycles. The Bertz CT molecular complexity index is 271. The molecule has 0 spiro atoms. The van der Waals surface area contributed by atoms with Crippen LogP contribution in [-0.2, 0) is 9.53 Å². The molecule has 1 heterocycles. The average molecular weight is 243 g/mol. The number of ether oxygens (including phenoxy) is 1. The van der Waals surface area contributed by atoms with E-state index in [0.717, 1.165) is 18.9 Å². The van der Waals surface area contributed by atoms with Gasteiger partial charge in [0.05, 0.1) is 13.0 Å². The van der Waals surface area contributed by atoms with Crippen LogP contribution in [-0.4, -0.2) is 36.3 Å². The predicted octanol–water partition coefficient (Wildman–Crippen LogP) is 1.59. The number of alkyl halides is 3. The van der Waals surface area contributed by atoms with Crippen LogP contribution in [0.15, 0.2) is 5.18 Å². The van der Waals surface area contributed by atoms with Gasteiger partial charge in [0.25, 0.3) is 0 Å². The van der Waals surface area contributed by atoms with Gasteiger partial charge >= 0.3 is 12.1 Å². The molecule has 4 nitrogen and oxygen atoms in total. The maximum atomic E-state index is 12.4. The first-order chi connectivity index (χ1) is 6.91. The Labute approximate surface area is 87.5 Å². The van der Waals surface area contributed by atoms with Gasteiger partial charge in [-0.3, -0.25) is 4.79 Å². The number of methoxy groups -OCH3 is 1. The minimum atomic E-state index is -4.51. The molecule has 15 heavy (non-hydrogen) atoms. The number of hydrogen-bond acceptors (Lipinski definition) is 5. The maximum Gasteiger partial charge on any atom is 0.394 e. The van der Waals surface area contributed by atoms with Crippen molar-refractivity contribution in [3.63, 3.8) is 0 Å². The third-order valence-corrected chi connectivity index (χ3v) is 3.54. The van der Waals surface area contributed by atoms with Crippen molar-refractivity contribution in [1.82, 2.24) is 0 Å².